The molecule has 0 aliphatic carbocycles. The van der Waals surface area contributed by atoms with Gasteiger partial charge in [0.2, 0.25) is 11.6 Å². The highest BCUT2D eigenvalue weighted by Crippen LogP contribution is 2.39. The van der Waals surface area contributed by atoms with E-state index >= 15 is 0 Å². The van der Waals surface area contributed by atoms with Crippen LogP contribution in [-0.2, 0) is 46.1 Å². The Kier molecular flexibility index (Phi) is 9.85. The van der Waals surface area contributed by atoms with Crippen molar-refractivity contribution in [1.82, 2.24) is 14.0 Å². The molecule has 4 rings (SSSR count). The highest BCUT2D eigenvalue weighted by atomic mass is 127. The first kappa shape index (κ1) is 33.8. The topological polar surface area (TPSA) is 166 Å². The second kappa shape index (κ2) is 13.1. The summed E-state index contributed by atoms with van der Waals surface area (Å²) < 4.78 is 35.4. The first-order valence-corrected chi connectivity index (χ1v) is 17.0. The Bertz CT molecular complexity index is 2020. The minimum absolute atomic E-state index is 0.116. The molecule has 0 saturated carbocycles. The molecule has 1 aromatic carbocycles. The van der Waals surface area contributed by atoms with E-state index in [9.17, 15) is 33.2 Å². The van der Waals surface area contributed by atoms with Gasteiger partial charge in [-0.2, -0.15) is 18.2 Å². The Hall–Kier alpha value is -4.07. The standard InChI is InChI=1S/C31H31IN5O7S/c1-31(2)24-15-20(19-36(27(38)17-32)12-6-14-45(42,43)44)9-10-25(24)37-13-11-21(16-26(31)37)22(18-33)7-5-8-23-28(39)34(3)30(41)35(4)29(23)40/h5,7-11,13,15-16H,6,12,14,17,19H2,1-4H3/p+1. The van der Waals surface area contributed by atoms with Gasteiger partial charge < -0.3 is 4.90 Å². The van der Waals surface area contributed by atoms with Crippen LogP contribution in [-0.4, -0.2) is 49.6 Å². The molecule has 0 atom stereocenters. The zero-order valence-corrected chi connectivity index (χ0v) is 28.1. The predicted molar refractivity (Wildman–Crippen MR) is 175 cm³/mol. The molecule has 0 fully saturated rings. The fraction of sp³-hybridized carbons (Fsp3) is 0.323. The Morgan fingerprint density at radius 1 is 1.18 bits per heavy atom. The Morgan fingerprint density at radius 3 is 2.53 bits per heavy atom. The molecule has 2 aromatic heterocycles. The maximum Gasteiger partial charge on any atom is 0.333 e. The fourth-order valence-corrected chi connectivity index (χ4v) is 6.33. The van der Waals surface area contributed by atoms with Crippen LogP contribution in [0.15, 0.2) is 58.3 Å². The van der Waals surface area contributed by atoms with E-state index in [1.54, 1.807) is 11.0 Å². The first-order valence-electron chi connectivity index (χ1n) is 13.9. The van der Waals surface area contributed by atoms with Gasteiger partial charge in [0.05, 0.1) is 27.2 Å². The number of aromatic nitrogens is 3. The second-order valence-electron chi connectivity index (χ2n) is 11.2. The van der Waals surface area contributed by atoms with E-state index in [1.165, 1.54) is 32.3 Å². The summed E-state index contributed by atoms with van der Waals surface area (Å²) in [5.41, 5.74) is 2.54. The van der Waals surface area contributed by atoms with Gasteiger partial charge in [-0.25, -0.2) is 4.79 Å². The van der Waals surface area contributed by atoms with Crippen molar-refractivity contribution in [3.05, 3.63) is 97.5 Å². The maximum atomic E-state index is 12.6. The first-order chi connectivity index (χ1) is 21.1. The van der Waals surface area contributed by atoms with Gasteiger partial charge in [0.15, 0.2) is 11.9 Å². The van der Waals surface area contributed by atoms with Crippen LogP contribution in [0.25, 0.3) is 17.3 Å². The summed E-state index contributed by atoms with van der Waals surface area (Å²) in [6.07, 6.45) is 6.22. The molecule has 0 spiro atoms. The monoisotopic (exact) mass is 745 g/mol. The molecule has 45 heavy (non-hydrogen) atoms. The molecule has 0 bridgehead atoms. The number of fused-ring (bicyclic) bond motifs is 3. The summed E-state index contributed by atoms with van der Waals surface area (Å²) in [5.74, 6) is -1.29. The molecule has 1 aliphatic heterocycles. The number of hydrogen-bond donors (Lipinski definition) is 1. The van der Waals surface area contributed by atoms with Crippen LogP contribution in [0, 0.1) is 11.3 Å². The lowest BCUT2D eigenvalue weighted by Crippen LogP contribution is -2.37. The number of carbonyl (C=O) groups is 1. The number of hydrogen-bond acceptors (Lipinski definition) is 6. The van der Waals surface area contributed by atoms with Crippen LogP contribution in [0.3, 0.4) is 0 Å². The van der Waals surface area contributed by atoms with Gasteiger partial charge >= 0.3 is 5.69 Å². The Labute approximate surface area is 274 Å². The van der Waals surface area contributed by atoms with Crippen LogP contribution in [0.1, 0.15) is 48.2 Å². The van der Waals surface area contributed by atoms with Crippen LogP contribution < -0.4 is 15.8 Å². The van der Waals surface area contributed by atoms with E-state index in [4.69, 9.17) is 4.55 Å². The summed E-state index contributed by atoms with van der Waals surface area (Å²) in [6.45, 7) is 4.57. The molecule has 1 aliphatic rings. The third-order valence-corrected chi connectivity index (χ3v) is 9.32. The summed E-state index contributed by atoms with van der Waals surface area (Å²) in [5, 5.41) is 22.4. The number of alkyl halides is 1. The molecule has 235 valence electrons. The van der Waals surface area contributed by atoms with E-state index in [1.807, 2.05) is 57.6 Å². The van der Waals surface area contributed by atoms with Gasteiger partial charge in [0, 0.05) is 56.5 Å². The van der Waals surface area contributed by atoms with Gasteiger partial charge in [0.1, 0.15) is 5.56 Å². The lowest BCUT2D eigenvalue weighted by molar-refractivity contribution is -0.599. The smallest absolute Gasteiger partial charge is 0.333 e. The largest absolute Gasteiger partial charge is 0.338 e. The minimum atomic E-state index is -4.12. The average Bonchev–Trinajstić information content (AvgIpc) is 3.22. The number of nitrogens with zero attached hydrogens (tertiary/aromatic N) is 5. The van der Waals surface area contributed by atoms with E-state index in [0.717, 1.165) is 31.6 Å². The van der Waals surface area contributed by atoms with Crippen molar-refractivity contribution in [2.75, 3.05) is 16.7 Å². The number of carbonyl (C=O) groups excluding carboxylic acids is 1. The van der Waals surface area contributed by atoms with Gasteiger partial charge in [-0.1, -0.05) is 34.7 Å². The Balaban J connectivity index is 1.63. The molecule has 0 unspecified atom stereocenters. The molecule has 1 amide bonds. The number of nitriles is 1. The molecule has 1 radical (unpaired) electrons. The van der Waals surface area contributed by atoms with Crippen LogP contribution in [0.2, 0.25) is 0 Å². The number of benzene rings is 1. The summed E-state index contributed by atoms with van der Waals surface area (Å²) in [7, 11) is -1.55. The lowest BCUT2D eigenvalue weighted by atomic mass is 9.82. The van der Waals surface area contributed by atoms with Crippen molar-refractivity contribution < 1.29 is 27.4 Å². The summed E-state index contributed by atoms with van der Waals surface area (Å²) in [6, 6.07) is 11.8. The van der Waals surface area contributed by atoms with Crippen LogP contribution in [0.4, 0.5) is 0 Å². The number of allylic oxidation sites excluding steroid dienone is 3. The van der Waals surface area contributed by atoms with E-state index in [-0.39, 0.29) is 35.4 Å². The third kappa shape index (κ3) is 6.95. The van der Waals surface area contributed by atoms with Gasteiger partial charge in [-0.3, -0.25) is 28.4 Å². The highest BCUT2D eigenvalue weighted by molar-refractivity contribution is 14.1. The fourth-order valence-electron chi connectivity index (χ4n) is 5.36. The number of amides is 1. The number of halogens is 1. The van der Waals surface area contributed by atoms with E-state index in [0.29, 0.717) is 11.1 Å². The lowest BCUT2D eigenvalue weighted by Gasteiger charge is -2.22. The molecule has 1 N–H and O–H groups in total. The van der Waals surface area contributed by atoms with Crippen molar-refractivity contribution >= 4 is 50.3 Å². The SMILES string of the molecule is Cn1c([O])c(/C=C/C=C(\C#N)c2cc[n+]3c(c2)C(C)(C)c2cc(CN(CCCS(=O)(=O)O)C(=O)CI)ccc2-3)c(=O)n(C)c1=O. The Morgan fingerprint density at radius 2 is 1.89 bits per heavy atom. The third-order valence-electron chi connectivity index (χ3n) is 7.86. The van der Waals surface area contributed by atoms with Crippen molar-refractivity contribution in [2.24, 2.45) is 14.1 Å². The van der Waals surface area contributed by atoms with E-state index < -0.39 is 38.4 Å². The molecule has 0 saturated heterocycles. The van der Waals surface area contributed by atoms with Crippen molar-refractivity contribution in [3.63, 3.8) is 0 Å². The normalized spacial score (nSPS) is 13.8. The molecule has 3 heterocycles. The predicted octanol–water partition coefficient (Wildman–Crippen LogP) is 2.81. The van der Waals surface area contributed by atoms with Gasteiger partial charge in [0.25, 0.3) is 21.6 Å². The molecule has 3 aromatic rings. The van der Waals surface area contributed by atoms with Gasteiger partial charge in [-0.05, 0) is 44.1 Å². The van der Waals surface area contributed by atoms with Crippen LogP contribution in [0.5, 0.6) is 5.88 Å². The number of rotatable bonds is 10. The second-order valence-corrected chi connectivity index (χ2v) is 13.5. The highest BCUT2D eigenvalue weighted by Gasteiger charge is 2.44. The quantitative estimate of drug-likeness (QED) is 0.0833. The van der Waals surface area contributed by atoms with E-state index in [2.05, 4.69) is 19.9 Å². The van der Waals surface area contributed by atoms with Crippen LogP contribution >= 0.6 is 22.6 Å². The summed E-state index contributed by atoms with van der Waals surface area (Å²) >= 11 is 1.97. The van der Waals surface area contributed by atoms with Crippen molar-refractivity contribution in [3.8, 4) is 17.6 Å². The van der Waals surface area contributed by atoms with Crippen molar-refractivity contribution in [1.29, 1.82) is 5.26 Å². The maximum absolute atomic E-state index is 12.6. The number of pyridine rings is 1. The minimum Gasteiger partial charge on any atom is -0.338 e. The zero-order valence-electron chi connectivity index (χ0n) is 25.2. The molecule has 12 nitrogen and oxygen atoms in total. The molecular formula is C31H32IN5O7S+. The molecular weight excluding hydrogens is 713 g/mol. The van der Waals surface area contributed by atoms with Gasteiger partial charge in [-0.15, -0.1) is 0 Å². The zero-order chi connectivity index (χ0) is 33.3. The molecule has 14 heteroatoms. The average molecular weight is 746 g/mol. The summed E-state index contributed by atoms with van der Waals surface area (Å²) in [4.78, 5) is 38.6. The van der Waals surface area contributed by atoms with Crippen molar-refractivity contribution in [2.45, 2.75) is 32.2 Å².